The molecule has 0 spiro atoms. The third-order valence-corrected chi connectivity index (χ3v) is 8.85. The average Bonchev–Trinajstić information content (AvgIpc) is 3.38. The van der Waals surface area contributed by atoms with E-state index in [0.29, 0.717) is 15.8 Å². The number of methoxy groups -OCH3 is 1. The van der Waals surface area contributed by atoms with Crippen molar-refractivity contribution < 1.29 is 27.1 Å². The summed E-state index contributed by atoms with van der Waals surface area (Å²) in [5, 5.41) is 3.78. The van der Waals surface area contributed by atoms with Crippen LogP contribution in [0.15, 0.2) is 36.5 Å². The summed E-state index contributed by atoms with van der Waals surface area (Å²) < 4.78 is 44.9. The minimum absolute atomic E-state index is 0.0857. The van der Waals surface area contributed by atoms with Gasteiger partial charge in [0.25, 0.3) is 0 Å². The van der Waals surface area contributed by atoms with Gasteiger partial charge in [0.1, 0.15) is 5.01 Å². The molecule has 3 aromatic rings. The van der Waals surface area contributed by atoms with E-state index in [9.17, 15) is 22.4 Å². The number of ether oxygens (including phenoxy) is 1. The quantitative estimate of drug-likeness (QED) is 0.393. The number of sulfone groups is 1. The first-order valence-corrected chi connectivity index (χ1v) is 13.5. The van der Waals surface area contributed by atoms with Crippen LogP contribution in [0.5, 0.6) is 0 Å². The summed E-state index contributed by atoms with van der Waals surface area (Å²) in [5.74, 6) is -2.17. The van der Waals surface area contributed by atoms with Gasteiger partial charge in [0.15, 0.2) is 15.1 Å². The van der Waals surface area contributed by atoms with Crippen LogP contribution in [0.4, 0.5) is 4.39 Å². The average molecular weight is 521 g/mol. The SMILES string of the molecule is COCCS(=O)(=O)C(C(=O)NCC(=O)NC1(C)CC1)c1nc2ccc(-c3ccc(F)nc3)cc2s1. The van der Waals surface area contributed by atoms with Gasteiger partial charge in [0, 0.05) is 24.4 Å². The fraction of sp³-hybridized carbons (Fsp3) is 0.391. The first-order valence-electron chi connectivity index (χ1n) is 10.9. The molecule has 2 aromatic heterocycles. The van der Waals surface area contributed by atoms with E-state index in [-0.39, 0.29) is 35.4 Å². The van der Waals surface area contributed by atoms with Crippen molar-refractivity contribution in [3.63, 3.8) is 0 Å². The molecule has 1 aliphatic carbocycles. The number of halogens is 1. The second-order valence-electron chi connectivity index (χ2n) is 8.67. The number of nitrogens with zero attached hydrogens (tertiary/aromatic N) is 2. The zero-order valence-corrected chi connectivity index (χ0v) is 20.8. The van der Waals surface area contributed by atoms with Gasteiger partial charge in [0.05, 0.1) is 29.1 Å². The third-order valence-electron chi connectivity index (χ3n) is 5.72. The van der Waals surface area contributed by atoms with Crippen molar-refractivity contribution in [2.24, 2.45) is 0 Å². The maximum Gasteiger partial charge on any atom is 0.245 e. The largest absolute Gasteiger partial charge is 0.384 e. The van der Waals surface area contributed by atoms with E-state index in [0.717, 1.165) is 29.7 Å². The molecule has 35 heavy (non-hydrogen) atoms. The van der Waals surface area contributed by atoms with E-state index in [2.05, 4.69) is 20.6 Å². The Morgan fingerprint density at radius 3 is 2.63 bits per heavy atom. The third kappa shape index (κ3) is 6.00. The van der Waals surface area contributed by atoms with Crippen LogP contribution in [0.2, 0.25) is 0 Å². The van der Waals surface area contributed by atoms with Crippen LogP contribution in [0, 0.1) is 5.95 Å². The molecule has 1 unspecified atom stereocenters. The van der Waals surface area contributed by atoms with Crippen molar-refractivity contribution in [3.05, 3.63) is 47.5 Å². The Balaban J connectivity index is 1.61. The Morgan fingerprint density at radius 2 is 1.97 bits per heavy atom. The molecule has 0 saturated heterocycles. The summed E-state index contributed by atoms with van der Waals surface area (Å²) in [6, 6.07) is 8.09. The van der Waals surface area contributed by atoms with Gasteiger partial charge >= 0.3 is 0 Å². The smallest absolute Gasteiger partial charge is 0.245 e. The van der Waals surface area contributed by atoms with Crippen LogP contribution in [-0.4, -0.2) is 61.8 Å². The summed E-state index contributed by atoms with van der Waals surface area (Å²) in [5.41, 5.74) is 1.69. The van der Waals surface area contributed by atoms with Crippen molar-refractivity contribution in [1.29, 1.82) is 0 Å². The molecule has 1 saturated carbocycles. The number of carbonyl (C=O) groups is 2. The number of aromatic nitrogens is 2. The highest BCUT2D eigenvalue weighted by molar-refractivity contribution is 7.92. The van der Waals surface area contributed by atoms with Crippen molar-refractivity contribution in [3.8, 4) is 11.1 Å². The fourth-order valence-electron chi connectivity index (χ4n) is 3.48. The van der Waals surface area contributed by atoms with E-state index in [1.54, 1.807) is 24.3 Å². The van der Waals surface area contributed by atoms with Crippen molar-refractivity contribution >= 4 is 43.2 Å². The Kier molecular flexibility index (Phi) is 7.15. The molecule has 0 radical (unpaired) electrons. The van der Waals surface area contributed by atoms with Gasteiger partial charge in [-0.1, -0.05) is 6.07 Å². The molecule has 2 amide bonds. The second kappa shape index (κ2) is 9.96. The van der Waals surface area contributed by atoms with Crippen LogP contribution in [0.25, 0.3) is 21.3 Å². The van der Waals surface area contributed by atoms with Crippen molar-refractivity contribution in [1.82, 2.24) is 20.6 Å². The van der Waals surface area contributed by atoms with E-state index in [1.165, 1.54) is 19.4 Å². The van der Waals surface area contributed by atoms with Gasteiger partial charge in [-0.25, -0.2) is 18.4 Å². The maximum absolute atomic E-state index is 13.2. The minimum atomic E-state index is -3.99. The maximum atomic E-state index is 13.2. The molecule has 12 heteroatoms. The number of rotatable bonds is 10. The Hall–Kier alpha value is -2.96. The Bertz CT molecular complexity index is 1350. The van der Waals surface area contributed by atoms with Gasteiger partial charge in [-0.2, -0.15) is 4.39 Å². The van der Waals surface area contributed by atoms with Gasteiger partial charge < -0.3 is 15.4 Å². The summed E-state index contributed by atoms with van der Waals surface area (Å²) in [4.78, 5) is 33.3. The predicted octanol–water partition coefficient (Wildman–Crippen LogP) is 2.38. The number of carbonyl (C=O) groups excluding carboxylic acids is 2. The summed E-state index contributed by atoms with van der Waals surface area (Å²) >= 11 is 1.07. The molecular formula is C23H25FN4O5S2. The van der Waals surface area contributed by atoms with Crippen molar-refractivity contribution in [2.45, 2.75) is 30.6 Å². The number of pyridine rings is 1. The van der Waals surface area contributed by atoms with Gasteiger partial charge in [-0.3, -0.25) is 9.59 Å². The molecule has 1 aliphatic rings. The molecule has 2 heterocycles. The van der Waals surface area contributed by atoms with E-state index < -0.39 is 26.9 Å². The molecule has 4 rings (SSSR count). The summed E-state index contributed by atoms with van der Waals surface area (Å²) in [6.07, 6.45) is 3.13. The van der Waals surface area contributed by atoms with Crippen LogP contribution in [0.3, 0.4) is 0 Å². The lowest BCUT2D eigenvalue weighted by Gasteiger charge is -2.16. The lowest BCUT2D eigenvalue weighted by atomic mass is 10.1. The van der Waals surface area contributed by atoms with E-state index >= 15 is 0 Å². The van der Waals surface area contributed by atoms with Crippen LogP contribution in [0.1, 0.15) is 30.0 Å². The molecule has 186 valence electrons. The first-order chi connectivity index (χ1) is 16.6. The number of amides is 2. The fourth-order valence-corrected chi connectivity index (χ4v) is 6.46. The van der Waals surface area contributed by atoms with Gasteiger partial charge in [-0.15, -0.1) is 11.3 Å². The molecule has 1 atom stereocenters. The Labute approximate surface area is 206 Å². The van der Waals surface area contributed by atoms with Crippen molar-refractivity contribution in [2.75, 3.05) is 26.0 Å². The lowest BCUT2D eigenvalue weighted by molar-refractivity contribution is -0.126. The minimum Gasteiger partial charge on any atom is -0.384 e. The number of fused-ring (bicyclic) bond motifs is 1. The molecular weight excluding hydrogens is 495 g/mol. The first kappa shape index (κ1) is 25.1. The van der Waals surface area contributed by atoms with Gasteiger partial charge in [0.2, 0.25) is 17.8 Å². The molecule has 0 bridgehead atoms. The zero-order chi connectivity index (χ0) is 25.2. The molecule has 0 aliphatic heterocycles. The standard InChI is InChI=1S/C23H25FN4O5S2/c1-23(7-8-23)28-19(29)13-26-21(30)20(35(31,32)10-9-33-2)22-27-16-5-3-14(11-17(16)34-22)15-4-6-18(24)25-12-15/h3-6,11-12,20H,7-10,13H2,1-2H3,(H,26,30)(H,28,29). The van der Waals surface area contributed by atoms with Crippen LogP contribution < -0.4 is 10.6 Å². The normalized spacial score (nSPS) is 15.5. The molecule has 2 N–H and O–H groups in total. The summed E-state index contributed by atoms with van der Waals surface area (Å²) in [7, 11) is -2.62. The zero-order valence-electron chi connectivity index (χ0n) is 19.2. The van der Waals surface area contributed by atoms with E-state index in [4.69, 9.17) is 4.74 Å². The van der Waals surface area contributed by atoms with Crippen LogP contribution in [-0.2, 0) is 24.2 Å². The van der Waals surface area contributed by atoms with Crippen LogP contribution >= 0.6 is 11.3 Å². The number of hydrogen-bond donors (Lipinski definition) is 2. The lowest BCUT2D eigenvalue weighted by Crippen LogP contribution is -2.44. The number of benzene rings is 1. The summed E-state index contributed by atoms with van der Waals surface area (Å²) in [6.45, 7) is 1.48. The van der Waals surface area contributed by atoms with E-state index in [1.807, 2.05) is 6.92 Å². The molecule has 1 fully saturated rings. The number of nitrogens with one attached hydrogen (secondary N) is 2. The molecule has 1 aromatic carbocycles. The highest BCUT2D eigenvalue weighted by atomic mass is 32.2. The second-order valence-corrected chi connectivity index (χ2v) is 11.9. The predicted molar refractivity (Wildman–Crippen MR) is 130 cm³/mol. The Morgan fingerprint density at radius 1 is 1.23 bits per heavy atom. The molecule has 9 nitrogen and oxygen atoms in total. The number of thiazole rings is 1. The topological polar surface area (TPSA) is 127 Å². The number of hydrogen-bond acceptors (Lipinski definition) is 8. The highest BCUT2D eigenvalue weighted by Crippen LogP contribution is 2.35. The monoisotopic (exact) mass is 520 g/mol. The van der Waals surface area contributed by atoms with Gasteiger partial charge in [-0.05, 0) is 49.6 Å². The highest BCUT2D eigenvalue weighted by Gasteiger charge is 2.40.